The minimum absolute atomic E-state index is 0.142. The maximum Gasteiger partial charge on any atom is 0.407 e. The zero-order chi connectivity index (χ0) is 21.4. The van der Waals surface area contributed by atoms with Crippen LogP contribution in [-0.4, -0.2) is 29.6 Å². The Bertz CT molecular complexity index is 880. The van der Waals surface area contributed by atoms with Crippen molar-refractivity contribution in [2.24, 2.45) is 5.92 Å². The Morgan fingerprint density at radius 3 is 2.48 bits per heavy atom. The largest absolute Gasteiger partial charge is 0.469 e. The summed E-state index contributed by atoms with van der Waals surface area (Å²) in [7, 11) is 1.33. The highest BCUT2D eigenvalue weighted by atomic mass is 35.6. The van der Waals surface area contributed by atoms with Gasteiger partial charge in [-0.05, 0) is 28.3 Å². The Morgan fingerprint density at radius 1 is 1.14 bits per heavy atom. The number of methoxy groups -OCH3 is 1. The van der Waals surface area contributed by atoms with Gasteiger partial charge < -0.3 is 14.8 Å². The molecule has 2 aromatic carbocycles. The maximum atomic E-state index is 12.3. The van der Waals surface area contributed by atoms with E-state index in [1.54, 1.807) is 6.08 Å². The fraction of sp³-hybridized carbons (Fsp3) is 0.333. The van der Waals surface area contributed by atoms with Gasteiger partial charge in [0.1, 0.15) is 6.61 Å². The Balaban J connectivity index is 2.23. The van der Waals surface area contributed by atoms with Gasteiger partial charge in [0, 0.05) is 0 Å². The van der Waals surface area contributed by atoms with E-state index in [2.05, 4.69) is 10.1 Å². The number of esters is 1. The average molecular weight is 459 g/mol. The Labute approximate surface area is 184 Å². The molecule has 1 N–H and O–H groups in total. The van der Waals surface area contributed by atoms with E-state index in [0.29, 0.717) is 0 Å². The summed E-state index contributed by atoms with van der Waals surface area (Å²) in [6.07, 6.45) is 2.98. The van der Waals surface area contributed by atoms with Crippen LogP contribution in [0.4, 0.5) is 4.79 Å². The first-order valence-corrected chi connectivity index (χ1v) is 10.0. The first-order valence-electron chi connectivity index (χ1n) is 8.92. The highest BCUT2D eigenvalue weighted by molar-refractivity contribution is 6.67. The summed E-state index contributed by atoms with van der Waals surface area (Å²) in [6, 6.07) is 13.4. The van der Waals surface area contributed by atoms with E-state index in [0.717, 1.165) is 16.3 Å². The fourth-order valence-corrected chi connectivity index (χ4v) is 2.97. The van der Waals surface area contributed by atoms with Crippen LogP contribution < -0.4 is 5.32 Å². The molecule has 0 fully saturated rings. The lowest BCUT2D eigenvalue weighted by Crippen LogP contribution is -2.34. The number of benzene rings is 2. The molecule has 8 heteroatoms. The average Bonchev–Trinajstić information content (AvgIpc) is 2.69. The predicted octanol–water partition coefficient (Wildman–Crippen LogP) is 5.73. The third-order valence-corrected chi connectivity index (χ3v) is 4.58. The Kier molecular flexibility index (Phi) is 8.62. The van der Waals surface area contributed by atoms with Crippen molar-refractivity contribution in [2.45, 2.75) is 23.2 Å². The number of halogens is 3. The third-order valence-electron chi connectivity index (χ3n) is 4.25. The van der Waals surface area contributed by atoms with Crippen LogP contribution in [-0.2, 0) is 14.3 Å². The summed E-state index contributed by atoms with van der Waals surface area (Å²) < 4.78 is 7.96. The zero-order valence-corrected chi connectivity index (χ0v) is 18.3. The molecular formula is C21H22Cl3NO4. The number of carbonyl (C=O) groups excluding carboxylic acids is 2. The molecule has 0 bridgehead atoms. The molecule has 2 rings (SSSR count). The summed E-state index contributed by atoms with van der Waals surface area (Å²) in [6.45, 7) is 1.55. The number of fused-ring (bicyclic) bond motifs is 1. The zero-order valence-electron chi connectivity index (χ0n) is 16.0. The van der Waals surface area contributed by atoms with Crippen LogP contribution in [0.3, 0.4) is 0 Å². The molecule has 0 spiro atoms. The van der Waals surface area contributed by atoms with Gasteiger partial charge in [-0.2, -0.15) is 0 Å². The molecule has 0 unspecified atom stereocenters. The second kappa shape index (κ2) is 10.7. The molecule has 0 aliphatic heterocycles. The van der Waals surface area contributed by atoms with E-state index in [1.165, 1.54) is 7.11 Å². The quantitative estimate of drug-likeness (QED) is 0.327. The van der Waals surface area contributed by atoms with Gasteiger partial charge in [0.15, 0.2) is 0 Å². The molecule has 2 atom stereocenters. The lowest BCUT2D eigenvalue weighted by atomic mass is 9.92. The number of nitrogens with one attached hydrogen (secondary N) is 1. The second-order valence-electron chi connectivity index (χ2n) is 6.49. The van der Waals surface area contributed by atoms with Gasteiger partial charge in [-0.3, -0.25) is 4.79 Å². The molecular weight excluding hydrogens is 437 g/mol. The van der Waals surface area contributed by atoms with Crippen molar-refractivity contribution in [1.29, 1.82) is 0 Å². The highest BCUT2D eigenvalue weighted by Crippen LogP contribution is 2.28. The van der Waals surface area contributed by atoms with Crippen LogP contribution in [0, 0.1) is 5.92 Å². The molecule has 0 aromatic heterocycles. The fourth-order valence-electron chi connectivity index (χ4n) is 2.81. The summed E-state index contributed by atoms with van der Waals surface area (Å²) in [4.78, 5) is 23.6. The second-order valence-corrected chi connectivity index (χ2v) is 9.00. The normalized spacial score (nSPS) is 13.8. The number of hydrogen-bond donors (Lipinski definition) is 1. The van der Waals surface area contributed by atoms with Gasteiger partial charge in [0.05, 0.1) is 19.6 Å². The monoisotopic (exact) mass is 457 g/mol. The van der Waals surface area contributed by atoms with Crippen molar-refractivity contribution >= 4 is 57.6 Å². The van der Waals surface area contributed by atoms with Crippen LogP contribution in [0.15, 0.2) is 54.6 Å². The van der Waals surface area contributed by atoms with Crippen LogP contribution in [0.25, 0.3) is 10.8 Å². The molecule has 0 aliphatic carbocycles. The SMILES string of the molecule is COC(=O)C/C=C/[C@@H](C)[C@H](NC(=O)OCC(Cl)(Cl)Cl)c1ccc2ccccc2c1. The number of hydrogen-bond acceptors (Lipinski definition) is 4. The van der Waals surface area contributed by atoms with E-state index in [9.17, 15) is 9.59 Å². The van der Waals surface area contributed by atoms with Crippen LogP contribution in [0.5, 0.6) is 0 Å². The molecule has 1 amide bonds. The highest BCUT2D eigenvalue weighted by Gasteiger charge is 2.25. The summed E-state index contributed by atoms with van der Waals surface area (Å²) in [5.74, 6) is -0.494. The summed E-state index contributed by atoms with van der Waals surface area (Å²) in [5, 5.41) is 4.94. The molecule has 0 aliphatic rings. The van der Waals surface area contributed by atoms with Crippen molar-refractivity contribution in [3.63, 3.8) is 0 Å². The number of amides is 1. The van der Waals surface area contributed by atoms with Gasteiger partial charge in [-0.25, -0.2) is 4.79 Å². The van der Waals surface area contributed by atoms with E-state index in [-0.39, 0.29) is 24.9 Å². The van der Waals surface area contributed by atoms with Crippen molar-refractivity contribution in [3.05, 3.63) is 60.2 Å². The minimum Gasteiger partial charge on any atom is -0.469 e. The van der Waals surface area contributed by atoms with Crippen LogP contribution >= 0.6 is 34.8 Å². The van der Waals surface area contributed by atoms with Crippen molar-refractivity contribution in [2.75, 3.05) is 13.7 Å². The van der Waals surface area contributed by atoms with E-state index < -0.39 is 15.9 Å². The smallest absolute Gasteiger partial charge is 0.407 e. The van der Waals surface area contributed by atoms with Gasteiger partial charge >= 0.3 is 12.1 Å². The Morgan fingerprint density at radius 2 is 1.83 bits per heavy atom. The van der Waals surface area contributed by atoms with Gasteiger partial charge in [0.25, 0.3) is 0 Å². The molecule has 5 nitrogen and oxygen atoms in total. The number of rotatable bonds is 7. The molecule has 0 saturated carbocycles. The molecule has 0 heterocycles. The van der Waals surface area contributed by atoms with Crippen LogP contribution in [0.1, 0.15) is 24.9 Å². The summed E-state index contributed by atoms with van der Waals surface area (Å²) in [5.41, 5.74) is 0.879. The molecule has 156 valence electrons. The lowest BCUT2D eigenvalue weighted by Gasteiger charge is -2.24. The van der Waals surface area contributed by atoms with Crippen molar-refractivity contribution in [1.82, 2.24) is 5.32 Å². The van der Waals surface area contributed by atoms with Gasteiger partial charge in [0.2, 0.25) is 3.79 Å². The number of alkyl halides is 3. The number of alkyl carbamates (subject to hydrolysis) is 1. The number of ether oxygens (including phenoxy) is 2. The standard InChI is InChI=1S/C21H22Cl3NO4/c1-14(6-5-9-18(26)28-2)19(25-20(27)29-13-21(22,23)24)17-11-10-15-7-3-4-8-16(15)12-17/h3-8,10-12,14,19H,9,13H2,1-2H3,(H,25,27)/b6-5+/t14-,19+/m1/s1. The first kappa shape index (κ1) is 23.3. The van der Waals surface area contributed by atoms with Gasteiger partial charge in [-0.1, -0.05) is 90.3 Å². The third kappa shape index (κ3) is 7.77. The van der Waals surface area contributed by atoms with E-state index >= 15 is 0 Å². The lowest BCUT2D eigenvalue weighted by molar-refractivity contribution is -0.139. The predicted molar refractivity (Wildman–Crippen MR) is 116 cm³/mol. The summed E-state index contributed by atoms with van der Waals surface area (Å²) >= 11 is 16.9. The van der Waals surface area contributed by atoms with Crippen molar-refractivity contribution in [3.8, 4) is 0 Å². The van der Waals surface area contributed by atoms with Gasteiger partial charge in [-0.15, -0.1) is 0 Å². The minimum atomic E-state index is -1.69. The van der Waals surface area contributed by atoms with E-state index in [1.807, 2.05) is 55.5 Å². The first-order chi connectivity index (χ1) is 13.7. The molecule has 29 heavy (non-hydrogen) atoms. The van der Waals surface area contributed by atoms with E-state index in [4.69, 9.17) is 39.5 Å². The molecule has 0 saturated heterocycles. The van der Waals surface area contributed by atoms with Crippen molar-refractivity contribution < 1.29 is 19.1 Å². The molecule has 0 radical (unpaired) electrons. The maximum absolute atomic E-state index is 12.3. The number of carbonyl (C=O) groups is 2. The topological polar surface area (TPSA) is 64.6 Å². The van der Waals surface area contributed by atoms with Crippen LogP contribution in [0.2, 0.25) is 0 Å². The Hall–Kier alpha value is -1.95. The molecule has 2 aromatic rings.